The van der Waals surface area contributed by atoms with Gasteiger partial charge in [-0.2, -0.15) is 0 Å². The Morgan fingerprint density at radius 2 is 2.09 bits per heavy atom. The van der Waals surface area contributed by atoms with E-state index in [-0.39, 0.29) is 29.9 Å². The van der Waals surface area contributed by atoms with Crippen molar-refractivity contribution in [2.45, 2.75) is 32.2 Å². The van der Waals surface area contributed by atoms with Crippen LogP contribution in [0.3, 0.4) is 0 Å². The number of likely N-dealkylation sites (tertiary alicyclic amines) is 1. The molecular weight excluding hydrogens is 429 g/mol. The van der Waals surface area contributed by atoms with Gasteiger partial charge in [0.05, 0.1) is 6.26 Å². The van der Waals surface area contributed by atoms with Crippen LogP contribution < -0.4 is 11.1 Å². The molecule has 2 aliphatic rings. The van der Waals surface area contributed by atoms with Crippen LogP contribution in [-0.2, 0) is 10.0 Å². The Morgan fingerprint density at radius 3 is 2.70 bits per heavy atom. The van der Waals surface area contributed by atoms with Crippen LogP contribution in [0.1, 0.15) is 26.2 Å². The predicted molar refractivity (Wildman–Crippen MR) is 105 cm³/mol. The number of nitrogens with two attached hydrogens (primary N) is 1. The van der Waals surface area contributed by atoms with Gasteiger partial charge in [0.25, 0.3) is 0 Å². The second-order valence-corrected chi connectivity index (χ2v) is 8.29. The van der Waals surface area contributed by atoms with E-state index in [1.165, 1.54) is 29.9 Å². The lowest BCUT2D eigenvalue weighted by Gasteiger charge is -2.23. The summed E-state index contributed by atoms with van der Waals surface area (Å²) in [5.41, 5.74) is 5.93. The highest BCUT2D eigenvalue weighted by Gasteiger charge is 2.28. The van der Waals surface area contributed by atoms with Crippen LogP contribution in [0.5, 0.6) is 0 Å². The maximum absolute atomic E-state index is 11.5. The van der Waals surface area contributed by atoms with Gasteiger partial charge in [0.2, 0.25) is 10.0 Å². The van der Waals surface area contributed by atoms with Crippen molar-refractivity contribution in [1.82, 2.24) is 14.5 Å². The number of hydrogen-bond acceptors (Lipinski definition) is 4. The molecule has 2 atom stereocenters. The molecule has 23 heavy (non-hydrogen) atoms. The van der Waals surface area contributed by atoms with Crippen molar-refractivity contribution in [3.05, 3.63) is 0 Å². The maximum Gasteiger partial charge on any atom is 0.211 e. The lowest BCUT2D eigenvalue weighted by molar-refractivity contribution is 0.267. The molecule has 0 spiro atoms. The van der Waals surface area contributed by atoms with Gasteiger partial charge in [-0.25, -0.2) is 12.7 Å². The summed E-state index contributed by atoms with van der Waals surface area (Å²) in [4.78, 5) is 6.84. The van der Waals surface area contributed by atoms with Crippen LogP contribution in [0.4, 0.5) is 0 Å². The molecule has 2 fully saturated rings. The second kappa shape index (κ2) is 9.38. The number of hydrogen-bond donors (Lipinski definition) is 2. The highest BCUT2D eigenvalue weighted by molar-refractivity contribution is 14.0. The average Bonchev–Trinajstić information content (AvgIpc) is 3.10. The largest absolute Gasteiger partial charge is 0.370 e. The van der Waals surface area contributed by atoms with E-state index < -0.39 is 10.0 Å². The maximum atomic E-state index is 11.5. The van der Waals surface area contributed by atoms with Crippen molar-refractivity contribution in [2.24, 2.45) is 16.6 Å². The van der Waals surface area contributed by atoms with E-state index in [1.807, 2.05) is 0 Å². The van der Waals surface area contributed by atoms with E-state index in [0.29, 0.717) is 31.6 Å². The van der Waals surface area contributed by atoms with Gasteiger partial charge in [-0.3, -0.25) is 9.89 Å². The third kappa shape index (κ3) is 6.35. The SMILES string of the molecule is CCN1CCCC1CNC(N)=NCC1CCN(S(C)(=O)=O)C1.I. The zero-order valence-corrected chi connectivity index (χ0v) is 17.2. The number of nitrogens with zero attached hydrogens (tertiary/aromatic N) is 3. The second-order valence-electron chi connectivity index (χ2n) is 6.31. The van der Waals surface area contributed by atoms with Gasteiger partial charge in [-0.15, -0.1) is 24.0 Å². The number of sulfonamides is 1. The predicted octanol–water partition coefficient (Wildman–Crippen LogP) is 0.275. The molecule has 2 aliphatic heterocycles. The minimum atomic E-state index is -3.07. The first-order valence-corrected chi connectivity index (χ1v) is 9.98. The molecule has 2 unspecified atom stereocenters. The van der Waals surface area contributed by atoms with Gasteiger partial charge in [0, 0.05) is 32.2 Å². The standard InChI is InChI=1S/C14H29N5O2S.HI/c1-3-18-7-4-5-13(18)10-17-14(15)16-9-12-6-8-19(11-12)22(2,20)21;/h12-13H,3-11H2,1-2H3,(H3,15,16,17);1H. The topological polar surface area (TPSA) is 91.0 Å². The first-order valence-electron chi connectivity index (χ1n) is 8.13. The fourth-order valence-electron chi connectivity index (χ4n) is 3.30. The Balaban J connectivity index is 0.00000264. The molecule has 3 N–H and O–H groups in total. The van der Waals surface area contributed by atoms with Gasteiger partial charge >= 0.3 is 0 Å². The highest BCUT2D eigenvalue weighted by Crippen LogP contribution is 2.19. The molecule has 2 rings (SSSR count). The molecule has 0 saturated carbocycles. The number of halogens is 1. The summed E-state index contributed by atoms with van der Waals surface area (Å²) in [7, 11) is -3.07. The third-order valence-electron chi connectivity index (χ3n) is 4.66. The number of guanidine groups is 1. The van der Waals surface area contributed by atoms with Crippen LogP contribution >= 0.6 is 24.0 Å². The van der Waals surface area contributed by atoms with Gasteiger partial charge in [-0.1, -0.05) is 6.92 Å². The molecular formula is C14H30IN5O2S. The summed E-state index contributed by atoms with van der Waals surface area (Å²) in [5.74, 6) is 0.745. The molecule has 7 nitrogen and oxygen atoms in total. The molecule has 9 heteroatoms. The van der Waals surface area contributed by atoms with Gasteiger partial charge in [0.1, 0.15) is 0 Å². The van der Waals surface area contributed by atoms with Crippen LogP contribution in [0, 0.1) is 5.92 Å². The van der Waals surface area contributed by atoms with Crippen LogP contribution in [0.15, 0.2) is 4.99 Å². The Kier molecular flexibility index (Phi) is 8.53. The van der Waals surface area contributed by atoms with E-state index in [0.717, 1.165) is 19.5 Å². The highest BCUT2D eigenvalue weighted by atomic mass is 127. The molecule has 0 radical (unpaired) electrons. The Labute approximate surface area is 157 Å². The minimum Gasteiger partial charge on any atom is -0.370 e. The zero-order valence-electron chi connectivity index (χ0n) is 14.1. The summed E-state index contributed by atoms with van der Waals surface area (Å²) in [6, 6.07) is 0.547. The first-order chi connectivity index (χ1) is 10.4. The van der Waals surface area contributed by atoms with Crippen LogP contribution in [0.25, 0.3) is 0 Å². The van der Waals surface area contributed by atoms with Crippen molar-refractivity contribution in [3.63, 3.8) is 0 Å². The van der Waals surface area contributed by atoms with E-state index in [9.17, 15) is 8.42 Å². The quantitative estimate of drug-likeness (QED) is 0.338. The normalized spacial score (nSPS) is 27.1. The van der Waals surface area contributed by atoms with Crippen molar-refractivity contribution in [3.8, 4) is 0 Å². The zero-order chi connectivity index (χ0) is 16.2. The van der Waals surface area contributed by atoms with Crippen molar-refractivity contribution in [2.75, 3.05) is 45.5 Å². The molecule has 0 aromatic carbocycles. The third-order valence-corrected chi connectivity index (χ3v) is 5.93. The molecule has 0 aromatic rings. The van der Waals surface area contributed by atoms with Gasteiger partial charge < -0.3 is 11.1 Å². The Morgan fingerprint density at radius 1 is 1.35 bits per heavy atom. The van der Waals surface area contributed by atoms with E-state index in [4.69, 9.17) is 5.73 Å². The van der Waals surface area contributed by atoms with E-state index in [1.54, 1.807) is 0 Å². The number of rotatable bonds is 6. The van der Waals surface area contributed by atoms with Crippen LogP contribution in [-0.4, -0.2) is 75.1 Å². The monoisotopic (exact) mass is 459 g/mol. The fraction of sp³-hybridized carbons (Fsp3) is 0.929. The van der Waals surface area contributed by atoms with Crippen LogP contribution in [0.2, 0.25) is 0 Å². The first kappa shape index (κ1) is 20.9. The number of nitrogens with one attached hydrogen (secondary N) is 1. The summed E-state index contributed by atoms with van der Waals surface area (Å²) in [6.45, 7) is 7.01. The lowest BCUT2D eigenvalue weighted by Crippen LogP contribution is -2.43. The minimum absolute atomic E-state index is 0. The summed E-state index contributed by atoms with van der Waals surface area (Å²) >= 11 is 0. The summed E-state index contributed by atoms with van der Waals surface area (Å²) in [5, 5.41) is 3.21. The summed E-state index contributed by atoms with van der Waals surface area (Å²) in [6.07, 6.45) is 4.58. The molecule has 2 heterocycles. The molecule has 0 aromatic heterocycles. The number of likely N-dealkylation sites (N-methyl/N-ethyl adjacent to an activating group) is 1. The van der Waals surface area contributed by atoms with Crippen molar-refractivity contribution in [1.29, 1.82) is 0 Å². The molecule has 0 amide bonds. The van der Waals surface area contributed by atoms with E-state index >= 15 is 0 Å². The molecule has 0 bridgehead atoms. The molecule has 2 saturated heterocycles. The number of aliphatic imine (C=N–C) groups is 1. The van der Waals surface area contributed by atoms with E-state index in [2.05, 4.69) is 22.1 Å². The Bertz CT molecular complexity index is 499. The molecule has 0 aliphatic carbocycles. The lowest BCUT2D eigenvalue weighted by atomic mass is 10.1. The van der Waals surface area contributed by atoms with Gasteiger partial charge in [-0.05, 0) is 38.3 Å². The smallest absolute Gasteiger partial charge is 0.211 e. The summed E-state index contributed by atoms with van der Waals surface area (Å²) < 4.78 is 24.5. The van der Waals surface area contributed by atoms with Crippen molar-refractivity contribution < 1.29 is 8.42 Å². The van der Waals surface area contributed by atoms with Crippen molar-refractivity contribution >= 4 is 40.0 Å². The van der Waals surface area contributed by atoms with Gasteiger partial charge in [0.15, 0.2) is 5.96 Å². The fourth-order valence-corrected chi connectivity index (χ4v) is 4.21. The average molecular weight is 459 g/mol. The molecule has 136 valence electrons. The Hall–Kier alpha value is -0.130.